The van der Waals surface area contributed by atoms with Crippen molar-refractivity contribution >= 4 is 11.6 Å². The highest BCUT2D eigenvalue weighted by molar-refractivity contribution is 5.93. The topological polar surface area (TPSA) is 77.1 Å². The molecule has 0 aliphatic carbocycles. The number of carbonyl (C=O) groups is 1. The van der Waals surface area contributed by atoms with Crippen LogP contribution in [0.4, 0.5) is 26.3 Å². The van der Waals surface area contributed by atoms with Crippen LogP contribution < -0.4 is 5.32 Å². The molecule has 196 valence electrons. The monoisotopic (exact) mass is 524 g/mol. The molecule has 0 aliphatic rings. The molecule has 0 fully saturated rings. The van der Waals surface area contributed by atoms with Gasteiger partial charge in [0.1, 0.15) is 0 Å². The molecule has 0 atom stereocenters. The van der Waals surface area contributed by atoms with Gasteiger partial charge in [-0.1, -0.05) is 12.1 Å². The number of benzene rings is 1. The quantitative estimate of drug-likeness (QED) is 0.272. The van der Waals surface area contributed by atoms with Gasteiger partial charge in [-0.15, -0.1) is 0 Å². The first-order chi connectivity index (χ1) is 17.2. The molecule has 0 bridgehead atoms. The molecule has 0 radical (unpaired) electrons. The predicted molar refractivity (Wildman–Crippen MR) is 122 cm³/mol. The minimum atomic E-state index is -4.76. The fourth-order valence-corrected chi connectivity index (χ4v) is 3.73. The Morgan fingerprint density at radius 3 is 2.27 bits per heavy atom. The third-order valence-electron chi connectivity index (χ3n) is 5.86. The van der Waals surface area contributed by atoms with Crippen molar-refractivity contribution in [2.75, 3.05) is 6.54 Å². The van der Waals surface area contributed by atoms with E-state index in [0.29, 0.717) is 15.8 Å². The fourth-order valence-electron chi connectivity index (χ4n) is 3.73. The lowest BCUT2D eigenvalue weighted by Gasteiger charge is -2.11. The first-order valence-corrected chi connectivity index (χ1v) is 11.2. The Kier molecular flexibility index (Phi) is 6.74. The summed E-state index contributed by atoms with van der Waals surface area (Å²) < 4.78 is 81.6. The zero-order chi connectivity index (χ0) is 27.1. The number of nitrogens with one attached hydrogen (secondary N) is 1. The zero-order valence-electron chi connectivity index (χ0n) is 20.0. The average Bonchev–Trinajstić information content (AvgIpc) is 3.40. The van der Waals surface area contributed by atoms with E-state index in [1.165, 1.54) is 11.6 Å². The van der Waals surface area contributed by atoms with E-state index in [-0.39, 0.29) is 36.5 Å². The predicted octanol–water partition coefficient (Wildman–Crippen LogP) is 5.38. The maximum absolute atomic E-state index is 13.8. The van der Waals surface area contributed by atoms with Crippen molar-refractivity contribution in [2.24, 2.45) is 0 Å². The molecule has 1 aromatic carbocycles. The van der Waals surface area contributed by atoms with Gasteiger partial charge in [0.05, 0.1) is 5.69 Å². The normalized spacial score (nSPS) is 12.4. The van der Waals surface area contributed by atoms with Crippen LogP contribution in [0.25, 0.3) is 16.9 Å². The summed E-state index contributed by atoms with van der Waals surface area (Å²) in [5.41, 5.74) is 0.239. The van der Waals surface area contributed by atoms with Crippen LogP contribution in [0.15, 0.2) is 36.4 Å². The van der Waals surface area contributed by atoms with Crippen molar-refractivity contribution in [3.8, 4) is 11.3 Å². The molecule has 1 amide bonds. The van der Waals surface area contributed by atoms with Crippen LogP contribution in [0.5, 0.6) is 0 Å². The smallest absolute Gasteiger partial charge is 0.351 e. The number of nitrogens with zero attached hydrogens (tertiary/aromatic N) is 5. The van der Waals surface area contributed by atoms with E-state index < -0.39 is 29.6 Å². The summed E-state index contributed by atoms with van der Waals surface area (Å²) in [4.78, 5) is 16.8. The summed E-state index contributed by atoms with van der Waals surface area (Å²) in [6, 6.07) is 8.15. The molecule has 0 saturated heterocycles. The van der Waals surface area contributed by atoms with Crippen molar-refractivity contribution in [3.63, 3.8) is 0 Å². The molecule has 0 spiro atoms. The number of aromatic nitrogens is 5. The molecule has 0 unspecified atom stereocenters. The summed E-state index contributed by atoms with van der Waals surface area (Å²) in [6.07, 6.45) is -9.08. The van der Waals surface area contributed by atoms with E-state index in [1.54, 1.807) is 18.2 Å². The summed E-state index contributed by atoms with van der Waals surface area (Å²) in [5, 5.41) is 9.83. The maximum atomic E-state index is 13.8. The molecule has 13 heteroatoms. The van der Waals surface area contributed by atoms with E-state index in [9.17, 15) is 31.1 Å². The maximum Gasteiger partial charge on any atom is 0.435 e. The molecular weight excluding hydrogens is 502 g/mol. The second-order valence-corrected chi connectivity index (χ2v) is 8.62. The van der Waals surface area contributed by atoms with Crippen molar-refractivity contribution in [1.29, 1.82) is 0 Å². The first-order valence-electron chi connectivity index (χ1n) is 11.2. The van der Waals surface area contributed by atoms with Gasteiger partial charge in [-0.05, 0) is 56.5 Å². The minimum absolute atomic E-state index is 0.0425. The Morgan fingerprint density at radius 1 is 0.919 bits per heavy atom. The van der Waals surface area contributed by atoms with Gasteiger partial charge in [0.15, 0.2) is 22.7 Å². The van der Waals surface area contributed by atoms with Gasteiger partial charge >= 0.3 is 12.4 Å². The van der Waals surface area contributed by atoms with Crippen molar-refractivity contribution in [1.82, 2.24) is 29.7 Å². The number of hydrogen-bond acceptors (Lipinski definition) is 4. The Balaban J connectivity index is 1.52. The highest BCUT2D eigenvalue weighted by atomic mass is 19.4. The molecule has 7 nitrogen and oxygen atoms in total. The van der Waals surface area contributed by atoms with Crippen molar-refractivity contribution < 1.29 is 31.1 Å². The number of carbonyl (C=O) groups excluding carboxylic acids is 1. The summed E-state index contributed by atoms with van der Waals surface area (Å²) in [5.74, 6) is -0.737. The molecule has 4 aromatic rings. The highest BCUT2D eigenvalue weighted by Gasteiger charge is 2.36. The number of halogens is 6. The molecule has 4 rings (SSSR count). The fraction of sp³-hybridized carbons (Fsp3) is 0.333. The van der Waals surface area contributed by atoms with E-state index in [0.717, 1.165) is 29.3 Å². The molecule has 37 heavy (non-hydrogen) atoms. The number of hydrogen-bond donors (Lipinski definition) is 1. The second-order valence-electron chi connectivity index (χ2n) is 8.62. The number of fused-ring (bicyclic) bond motifs is 1. The van der Waals surface area contributed by atoms with Crippen LogP contribution in [0.3, 0.4) is 0 Å². The molecule has 0 aliphatic heterocycles. The standard InChI is InChI=1S/C24H22F6N6O/c1-13-5-6-16(9-14(13)2)17-11-20(24(28,29)30)36-21(32-17)12-18(33-36)22(37)31-7-4-8-35-15(3)10-19(34-35)23(25,26)27/h5-6,9-12H,4,7-8H2,1-3H3,(H,31,37). The van der Waals surface area contributed by atoms with Crippen LogP contribution >= 0.6 is 0 Å². The Morgan fingerprint density at radius 2 is 1.65 bits per heavy atom. The lowest BCUT2D eigenvalue weighted by Crippen LogP contribution is -2.26. The molecule has 3 aromatic heterocycles. The number of amides is 1. The zero-order valence-corrected chi connectivity index (χ0v) is 20.0. The van der Waals surface area contributed by atoms with Crippen LogP contribution in [-0.4, -0.2) is 36.8 Å². The lowest BCUT2D eigenvalue weighted by molar-refractivity contribution is -0.143. The van der Waals surface area contributed by atoms with Crippen LogP contribution in [0, 0.1) is 20.8 Å². The van der Waals surface area contributed by atoms with E-state index in [4.69, 9.17) is 0 Å². The lowest BCUT2D eigenvalue weighted by atomic mass is 10.0. The second kappa shape index (κ2) is 9.52. The molecule has 3 heterocycles. The Hall–Kier alpha value is -3.90. The summed E-state index contributed by atoms with van der Waals surface area (Å²) in [7, 11) is 0. The van der Waals surface area contributed by atoms with Crippen molar-refractivity contribution in [3.05, 3.63) is 70.3 Å². The summed E-state index contributed by atoms with van der Waals surface area (Å²) in [6.45, 7) is 5.35. The van der Waals surface area contributed by atoms with Gasteiger partial charge in [0, 0.05) is 30.4 Å². The van der Waals surface area contributed by atoms with Gasteiger partial charge in [-0.3, -0.25) is 9.48 Å². The van der Waals surface area contributed by atoms with Gasteiger partial charge in [-0.25, -0.2) is 9.50 Å². The molecular formula is C24H22F6N6O. The van der Waals surface area contributed by atoms with Crippen LogP contribution in [0.1, 0.15) is 45.1 Å². The van der Waals surface area contributed by atoms with Crippen LogP contribution in [-0.2, 0) is 18.9 Å². The average molecular weight is 524 g/mol. The highest BCUT2D eigenvalue weighted by Crippen LogP contribution is 2.33. The summed E-state index contributed by atoms with van der Waals surface area (Å²) >= 11 is 0. The van der Waals surface area contributed by atoms with Gasteiger partial charge < -0.3 is 5.32 Å². The SMILES string of the molecule is Cc1ccc(-c2cc(C(F)(F)F)n3nc(C(=O)NCCCn4nc(C(F)(F)F)cc4C)cc3n2)cc1C. The van der Waals surface area contributed by atoms with Gasteiger partial charge in [-0.2, -0.15) is 36.5 Å². The molecule has 0 saturated carbocycles. The third-order valence-corrected chi connectivity index (χ3v) is 5.86. The number of alkyl halides is 6. The van der Waals surface area contributed by atoms with E-state index in [1.807, 2.05) is 13.8 Å². The van der Waals surface area contributed by atoms with Crippen molar-refractivity contribution in [2.45, 2.75) is 46.1 Å². The van der Waals surface area contributed by atoms with E-state index >= 15 is 0 Å². The third kappa shape index (κ3) is 5.59. The first kappa shape index (κ1) is 26.2. The van der Waals surface area contributed by atoms with E-state index in [2.05, 4.69) is 20.5 Å². The number of rotatable bonds is 6. The Labute approximate surface area is 207 Å². The number of aryl methyl sites for hydroxylation is 4. The van der Waals surface area contributed by atoms with Crippen LogP contribution in [0.2, 0.25) is 0 Å². The minimum Gasteiger partial charge on any atom is -0.351 e. The van der Waals surface area contributed by atoms with Gasteiger partial charge in [0.25, 0.3) is 5.91 Å². The largest absolute Gasteiger partial charge is 0.435 e. The Bertz CT molecular complexity index is 1470. The molecule has 1 N–H and O–H groups in total. The van der Waals surface area contributed by atoms with Gasteiger partial charge in [0.2, 0.25) is 0 Å².